The zero-order valence-electron chi connectivity index (χ0n) is 8.63. The number of methoxy groups -OCH3 is 1. The van der Waals surface area contributed by atoms with Crippen LogP contribution in [-0.2, 0) is 4.74 Å². The summed E-state index contributed by atoms with van der Waals surface area (Å²) >= 11 is 3.33. The van der Waals surface area contributed by atoms with Gasteiger partial charge in [-0.05, 0) is 12.1 Å². The maximum absolute atomic E-state index is 11.6. The second-order valence-electron chi connectivity index (χ2n) is 3.10. The first kappa shape index (κ1) is 12.4. The third-order valence-corrected chi connectivity index (χ3v) is 2.41. The summed E-state index contributed by atoms with van der Waals surface area (Å²) in [7, 11) is 1.64. The molecule has 0 spiro atoms. The molecule has 0 aliphatic rings. The zero-order valence-corrected chi connectivity index (χ0v) is 10.2. The van der Waals surface area contributed by atoms with E-state index >= 15 is 0 Å². The lowest BCUT2D eigenvalue weighted by Crippen LogP contribution is -2.26. The van der Waals surface area contributed by atoms with Crippen LogP contribution in [-0.4, -0.2) is 32.6 Å². The maximum atomic E-state index is 11.6. The SMILES string of the molecule is COCCNCC(=O)c1cccc(Br)c1. The molecule has 0 radical (unpaired) electrons. The number of benzene rings is 1. The van der Waals surface area contributed by atoms with Gasteiger partial charge in [0.2, 0.25) is 0 Å². The van der Waals surface area contributed by atoms with E-state index in [0.29, 0.717) is 25.3 Å². The second-order valence-corrected chi connectivity index (χ2v) is 4.02. The van der Waals surface area contributed by atoms with E-state index in [1.807, 2.05) is 24.3 Å². The number of Topliss-reactive ketones (excluding diaryl/α,β-unsaturated/α-hetero) is 1. The Morgan fingerprint density at radius 2 is 2.33 bits per heavy atom. The van der Waals surface area contributed by atoms with Gasteiger partial charge in [-0.1, -0.05) is 28.1 Å². The van der Waals surface area contributed by atoms with Crippen molar-refractivity contribution in [1.82, 2.24) is 5.32 Å². The number of carbonyl (C=O) groups is 1. The summed E-state index contributed by atoms with van der Waals surface area (Å²) in [6.07, 6.45) is 0. The molecule has 1 aromatic rings. The number of halogens is 1. The van der Waals surface area contributed by atoms with Crippen LogP contribution in [0.2, 0.25) is 0 Å². The monoisotopic (exact) mass is 271 g/mol. The zero-order chi connectivity index (χ0) is 11.1. The largest absolute Gasteiger partial charge is 0.383 e. The molecule has 0 aliphatic carbocycles. The van der Waals surface area contributed by atoms with E-state index in [4.69, 9.17) is 4.74 Å². The summed E-state index contributed by atoms with van der Waals surface area (Å²) in [6.45, 7) is 1.65. The maximum Gasteiger partial charge on any atom is 0.176 e. The number of carbonyl (C=O) groups excluding carboxylic acids is 1. The molecule has 0 aromatic heterocycles. The molecule has 0 unspecified atom stereocenters. The molecule has 82 valence electrons. The van der Waals surface area contributed by atoms with Gasteiger partial charge in [0.1, 0.15) is 0 Å². The van der Waals surface area contributed by atoms with Gasteiger partial charge in [0.15, 0.2) is 5.78 Å². The van der Waals surface area contributed by atoms with Crippen molar-refractivity contribution in [1.29, 1.82) is 0 Å². The third kappa shape index (κ3) is 4.55. The minimum atomic E-state index is 0.0902. The van der Waals surface area contributed by atoms with Crippen LogP contribution in [0.1, 0.15) is 10.4 Å². The Morgan fingerprint density at radius 3 is 3.00 bits per heavy atom. The Morgan fingerprint density at radius 1 is 1.53 bits per heavy atom. The summed E-state index contributed by atoms with van der Waals surface area (Å²) in [4.78, 5) is 11.6. The van der Waals surface area contributed by atoms with Crippen LogP contribution in [0, 0.1) is 0 Å². The molecule has 1 N–H and O–H groups in total. The van der Waals surface area contributed by atoms with Gasteiger partial charge in [0, 0.05) is 23.7 Å². The van der Waals surface area contributed by atoms with Crippen LogP contribution in [0.3, 0.4) is 0 Å². The fourth-order valence-electron chi connectivity index (χ4n) is 1.14. The van der Waals surface area contributed by atoms with E-state index < -0.39 is 0 Å². The lowest BCUT2D eigenvalue weighted by atomic mass is 10.1. The first-order chi connectivity index (χ1) is 7.24. The van der Waals surface area contributed by atoms with Crippen LogP contribution in [0.4, 0.5) is 0 Å². The molecule has 0 saturated carbocycles. The minimum absolute atomic E-state index is 0.0902. The molecular weight excluding hydrogens is 258 g/mol. The molecular formula is C11H14BrNO2. The van der Waals surface area contributed by atoms with Gasteiger partial charge in [-0.3, -0.25) is 4.79 Å². The van der Waals surface area contributed by atoms with Crippen molar-refractivity contribution in [2.45, 2.75) is 0 Å². The summed E-state index contributed by atoms with van der Waals surface area (Å²) in [5, 5.41) is 3.01. The van der Waals surface area contributed by atoms with Crippen molar-refractivity contribution in [2.24, 2.45) is 0 Å². The molecule has 3 nitrogen and oxygen atoms in total. The van der Waals surface area contributed by atoms with Crippen LogP contribution in [0.15, 0.2) is 28.7 Å². The highest BCUT2D eigenvalue weighted by Gasteiger charge is 2.04. The predicted molar refractivity (Wildman–Crippen MR) is 63.2 cm³/mol. The van der Waals surface area contributed by atoms with Crippen molar-refractivity contribution in [2.75, 3.05) is 26.8 Å². The Bertz CT molecular complexity index is 328. The Labute approximate surface area is 97.9 Å². The third-order valence-electron chi connectivity index (χ3n) is 1.92. The first-order valence-electron chi connectivity index (χ1n) is 4.72. The first-order valence-corrected chi connectivity index (χ1v) is 5.52. The molecule has 0 atom stereocenters. The Kier molecular flexibility index (Phi) is 5.53. The van der Waals surface area contributed by atoms with E-state index in [1.165, 1.54) is 0 Å². The smallest absolute Gasteiger partial charge is 0.176 e. The van der Waals surface area contributed by atoms with Gasteiger partial charge >= 0.3 is 0 Å². The molecule has 1 aromatic carbocycles. The number of hydrogen-bond acceptors (Lipinski definition) is 3. The average molecular weight is 272 g/mol. The van der Waals surface area contributed by atoms with Gasteiger partial charge in [0.05, 0.1) is 13.2 Å². The highest BCUT2D eigenvalue weighted by molar-refractivity contribution is 9.10. The fraction of sp³-hybridized carbons (Fsp3) is 0.364. The molecule has 1 rings (SSSR count). The normalized spacial score (nSPS) is 10.3. The van der Waals surface area contributed by atoms with E-state index in [1.54, 1.807) is 7.11 Å². The topological polar surface area (TPSA) is 38.3 Å². The molecule has 0 bridgehead atoms. The van der Waals surface area contributed by atoms with Crippen molar-refractivity contribution < 1.29 is 9.53 Å². The number of rotatable bonds is 6. The Balaban J connectivity index is 2.40. The molecule has 0 aliphatic heterocycles. The second kappa shape index (κ2) is 6.71. The Hall–Kier alpha value is -0.710. The van der Waals surface area contributed by atoms with Crippen LogP contribution >= 0.6 is 15.9 Å². The average Bonchev–Trinajstić information content (AvgIpc) is 2.24. The van der Waals surface area contributed by atoms with Crippen molar-refractivity contribution in [3.8, 4) is 0 Å². The molecule has 0 amide bonds. The quantitative estimate of drug-likeness (QED) is 0.634. The van der Waals surface area contributed by atoms with E-state index in [-0.39, 0.29) is 5.78 Å². The van der Waals surface area contributed by atoms with Crippen LogP contribution in [0.25, 0.3) is 0 Å². The predicted octanol–water partition coefficient (Wildman–Crippen LogP) is 1.87. The van der Waals surface area contributed by atoms with E-state index in [9.17, 15) is 4.79 Å². The number of nitrogens with one attached hydrogen (secondary N) is 1. The van der Waals surface area contributed by atoms with E-state index in [2.05, 4.69) is 21.2 Å². The summed E-state index contributed by atoms with van der Waals surface area (Å²) in [6, 6.07) is 7.38. The summed E-state index contributed by atoms with van der Waals surface area (Å²) < 4.78 is 5.79. The molecule has 0 heterocycles. The molecule has 0 fully saturated rings. The minimum Gasteiger partial charge on any atom is -0.383 e. The standard InChI is InChI=1S/C11H14BrNO2/c1-15-6-5-13-8-11(14)9-3-2-4-10(12)7-9/h2-4,7,13H,5-6,8H2,1H3. The number of ketones is 1. The fourth-order valence-corrected chi connectivity index (χ4v) is 1.54. The van der Waals surface area contributed by atoms with Crippen LogP contribution in [0.5, 0.6) is 0 Å². The van der Waals surface area contributed by atoms with Gasteiger partial charge in [-0.25, -0.2) is 0 Å². The highest BCUT2D eigenvalue weighted by atomic mass is 79.9. The van der Waals surface area contributed by atoms with E-state index in [0.717, 1.165) is 4.47 Å². The van der Waals surface area contributed by atoms with Crippen molar-refractivity contribution in [3.05, 3.63) is 34.3 Å². The van der Waals surface area contributed by atoms with Gasteiger partial charge in [0.25, 0.3) is 0 Å². The van der Waals surface area contributed by atoms with Gasteiger partial charge in [-0.2, -0.15) is 0 Å². The number of ether oxygens (including phenoxy) is 1. The molecule has 15 heavy (non-hydrogen) atoms. The lowest BCUT2D eigenvalue weighted by molar-refractivity contribution is 0.0987. The van der Waals surface area contributed by atoms with Gasteiger partial charge < -0.3 is 10.1 Å². The molecule has 0 saturated heterocycles. The number of hydrogen-bond donors (Lipinski definition) is 1. The van der Waals surface area contributed by atoms with Crippen LogP contribution < -0.4 is 5.32 Å². The van der Waals surface area contributed by atoms with Gasteiger partial charge in [-0.15, -0.1) is 0 Å². The van der Waals surface area contributed by atoms with Crippen molar-refractivity contribution in [3.63, 3.8) is 0 Å². The highest BCUT2D eigenvalue weighted by Crippen LogP contribution is 2.11. The molecule has 4 heteroatoms. The summed E-state index contributed by atoms with van der Waals surface area (Å²) in [5.41, 5.74) is 0.717. The lowest BCUT2D eigenvalue weighted by Gasteiger charge is -2.03. The summed E-state index contributed by atoms with van der Waals surface area (Å²) in [5.74, 6) is 0.0902. The van der Waals surface area contributed by atoms with Crippen molar-refractivity contribution >= 4 is 21.7 Å².